The third-order valence-electron chi connectivity index (χ3n) is 5.02. The molecule has 0 aromatic heterocycles. The highest BCUT2D eigenvalue weighted by molar-refractivity contribution is 4.96. The first-order chi connectivity index (χ1) is 9.04. The summed E-state index contributed by atoms with van der Waals surface area (Å²) in [5, 5.41) is 3.76. The van der Waals surface area contributed by atoms with E-state index < -0.39 is 0 Å². The minimum Gasteiger partial charge on any atom is -0.377 e. The Morgan fingerprint density at radius 3 is 2.74 bits per heavy atom. The molecule has 3 nitrogen and oxygen atoms in total. The molecule has 0 aliphatic carbocycles. The Morgan fingerprint density at radius 2 is 2.16 bits per heavy atom. The predicted octanol–water partition coefficient (Wildman–Crippen LogP) is 2.65. The van der Waals surface area contributed by atoms with Crippen LogP contribution in [0.15, 0.2) is 0 Å². The van der Waals surface area contributed by atoms with E-state index in [2.05, 4.69) is 37.9 Å². The lowest BCUT2D eigenvalue weighted by Crippen LogP contribution is -2.65. The molecule has 2 aliphatic rings. The maximum Gasteiger partial charge on any atom is 0.0702 e. The van der Waals surface area contributed by atoms with Gasteiger partial charge in [0.2, 0.25) is 0 Å². The van der Waals surface area contributed by atoms with Gasteiger partial charge < -0.3 is 10.1 Å². The Labute approximate surface area is 119 Å². The van der Waals surface area contributed by atoms with Gasteiger partial charge in [0.1, 0.15) is 0 Å². The fourth-order valence-corrected chi connectivity index (χ4v) is 3.41. The molecule has 2 aliphatic heterocycles. The summed E-state index contributed by atoms with van der Waals surface area (Å²) in [4.78, 5) is 2.70. The van der Waals surface area contributed by atoms with Crippen LogP contribution in [0.4, 0.5) is 0 Å². The summed E-state index contributed by atoms with van der Waals surface area (Å²) in [5.74, 6) is 0.706. The van der Waals surface area contributed by atoms with Gasteiger partial charge in [-0.2, -0.15) is 0 Å². The van der Waals surface area contributed by atoms with E-state index in [0.29, 0.717) is 18.1 Å². The van der Waals surface area contributed by atoms with E-state index in [1.165, 1.54) is 25.7 Å². The number of rotatable bonds is 4. The molecule has 0 saturated carbocycles. The van der Waals surface area contributed by atoms with Crippen LogP contribution in [0.2, 0.25) is 0 Å². The van der Waals surface area contributed by atoms with Crippen LogP contribution >= 0.6 is 0 Å². The van der Waals surface area contributed by atoms with E-state index in [-0.39, 0.29) is 5.54 Å². The molecular formula is C16H32N2O. The molecule has 2 heterocycles. The average molecular weight is 268 g/mol. The van der Waals surface area contributed by atoms with Crippen LogP contribution in [0.5, 0.6) is 0 Å². The van der Waals surface area contributed by atoms with Gasteiger partial charge in [-0.3, -0.25) is 4.90 Å². The van der Waals surface area contributed by atoms with Gasteiger partial charge >= 0.3 is 0 Å². The van der Waals surface area contributed by atoms with Gasteiger partial charge in [0, 0.05) is 37.8 Å². The first-order valence-electron chi connectivity index (χ1n) is 8.15. The SMILES string of the molecule is CCC1(C)CN(CC2CCCCO2)C(C(C)C)CN1. The summed E-state index contributed by atoms with van der Waals surface area (Å²) in [7, 11) is 0. The van der Waals surface area contributed by atoms with E-state index in [9.17, 15) is 0 Å². The standard InChI is InChI=1S/C16H32N2O/c1-5-16(4)12-18(15(10-17-16)13(2)3)11-14-8-6-7-9-19-14/h13-15,17H,5-12H2,1-4H3. The molecule has 3 atom stereocenters. The zero-order chi connectivity index (χ0) is 13.9. The average Bonchev–Trinajstić information content (AvgIpc) is 2.40. The molecule has 2 rings (SSSR count). The van der Waals surface area contributed by atoms with Crippen molar-refractivity contribution in [2.45, 2.75) is 71.1 Å². The van der Waals surface area contributed by atoms with Gasteiger partial charge in [-0.1, -0.05) is 20.8 Å². The number of piperazine rings is 1. The van der Waals surface area contributed by atoms with Crippen molar-refractivity contribution in [3.8, 4) is 0 Å². The lowest BCUT2D eigenvalue weighted by atomic mass is 9.89. The van der Waals surface area contributed by atoms with E-state index >= 15 is 0 Å². The van der Waals surface area contributed by atoms with Crippen LogP contribution in [0.1, 0.15) is 53.4 Å². The topological polar surface area (TPSA) is 24.5 Å². The van der Waals surface area contributed by atoms with Crippen LogP contribution in [-0.4, -0.2) is 48.8 Å². The quantitative estimate of drug-likeness (QED) is 0.848. The Hall–Kier alpha value is -0.120. The van der Waals surface area contributed by atoms with Crippen LogP contribution in [0.3, 0.4) is 0 Å². The molecular weight excluding hydrogens is 236 g/mol. The van der Waals surface area contributed by atoms with E-state index in [1.54, 1.807) is 0 Å². The minimum absolute atomic E-state index is 0.278. The van der Waals surface area contributed by atoms with Crippen LogP contribution < -0.4 is 5.32 Å². The number of nitrogens with zero attached hydrogens (tertiary/aromatic N) is 1. The van der Waals surface area contributed by atoms with Crippen molar-refractivity contribution in [1.82, 2.24) is 10.2 Å². The molecule has 0 amide bonds. The lowest BCUT2D eigenvalue weighted by Gasteiger charge is -2.48. The summed E-state index contributed by atoms with van der Waals surface area (Å²) in [6.45, 7) is 13.7. The molecule has 2 fully saturated rings. The summed E-state index contributed by atoms with van der Waals surface area (Å²) < 4.78 is 5.95. The molecule has 112 valence electrons. The smallest absolute Gasteiger partial charge is 0.0702 e. The second-order valence-electron chi connectivity index (χ2n) is 7.02. The van der Waals surface area contributed by atoms with Crippen LogP contribution in [0.25, 0.3) is 0 Å². The van der Waals surface area contributed by atoms with Crippen molar-refractivity contribution in [2.24, 2.45) is 5.92 Å². The molecule has 3 heteroatoms. The van der Waals surface area contributed by atoms with Crippen molar-refractivity contribution in [2.75, 3.05) is 26.2 Å². The molecule has 3 unspecified atom stereocenters. The minimum atomic E-state index is 0.278. The number of nitrogens with one attached hydrogen (secondary N) is 1. The maximum atomic E-state index is 5.95. The normalized spacial score (nSPS) is 37.7. The van der Waals surface area contributed by atoms with Crippen molar-refractivity contribution in [3.05, 3.63) is 0 Å². The molecule has 2 saturated heterocycles. The Kier molecular flexibility index (Phi) is 5.27. The zero-order valence-corrected chi connectivity index (χ0v) is 13.2. The largest absolute Gasteiger partial charge is 0.377 e. The third-order valence-corrected chi connectivity index (χ3v) is 5.02. The van der Waals surface area contributed by atoms with Gasteiger partial charge in [-0.15, -0.1) is 0 Å². The highest BCUT2D eigenvalue weighted by Gasteiger charge is 2.36. The van der Waals surface area contributed by atoms with Crippen molar-refractivity contribution in [3.63, 3.8) is 0 Å². The molecule has 19 heavy (non-hydrogen) atoms. The predicted molar refractivity (Wildman–Crippen MR) is 80.5 cm³/mol. The van der Waals surface area contributed by atoms with Gasteiger partial charge in [0.05, 0.1) is 6.10 Å². The Morgan fingerprint density at radius 1 is 1.37 bits per heavy atom. The monoisotopic (exact) mass is 268 g/mol. The van der Waals surface area contributed by atoms with Crippen molar-refractivity contribution in [1.29, 1.82) is 0 Å². The summed E-state index contributed by atoms with van der Waals surface area (Å²) in [6.07, 6.45) is 5.50. The van der Waals surface area contributed by atoms with Crippen LogP contribution in [-0.2, 0) is 4.74 Å². The number of hydrogen-bond donors (Lipinski definition) is 1. The van der Waals surface area contributed by atoms with Crippen molar-refractivity contribution >= 4 is 0 Å². The Bertz CT molecular complexity index is 276. The van der Waals surface area contributed by atoms with Gasteiger partial charge in [0.15, 0.2) is 0 Å². The number of hydrogen-bond acceptors (Lipinski definition) is 3. The summed E-state index contributed by atoms with van der Waals surface area (Å²) in [6, 6.07) is 0.658. The summed E-state index contributed by atoms with van der Waals surface area (Å²) in [5.41, 5.74) is 0.278. The second-order valence-corrected chi connectivity index (χ2v) is 7.02. The first kappa shape index (κ1) is 15.3. The highest BCUT2D eigenvalue weighted by Crippen LogP contribution is 2.24. The molecule has 0 aromatic rings. The van der Waals surface area contributed by atoms with Gasteiger partial charge in [0.25, 0.3) is 0 Å². The van der Waals surface area contributed by atoms with E-state index in [4.69, 9.17) is 4.74 Å². The second kappa shape index (κ2) is 6.55. The fraction of sp³-hybridized carbons (Fsp3) is 1.00. The van der Waals surface area contributed by atoms with Gasteiger partial charge in [-0.25, -0.2) is 0 Å². The van der Waals surface area contributed by atoms with E-state index in [0.717, 1.165) is 26.2 Å². The first-order valence-corrected chi connectivity index (χ1v) is 8.15. The van der Waals surface area contributed by atoms with Crippen LogP contribution in [0, 0.1) is 5.92 Å². The van der Waals surface area contributed by atoms with Gasteiger partial charge in [-0.05, 0) is 38.5 Å². The molecule has 0 bridgehead atoms. The third kappa shape index (κ3) is 3.93. The highest BCUT2D eigenvalue weighted by atomic mass is 16.5. The molecule has 0 radical (unpaired) electrons. The molecule has 0 spiro atoms. The maximum absolute atomic E-state index is 5.95. The molecule has 0 aromatic carbocycles. The lowest BCUT2D eigenvalue weighted by molar-refractivity contribution is -0.0350. The fourth-order valence-electron chi connectivity index (χ4n) is 3.41. The zero-order valence-electron chi connectivity index (χ0n) is 13.2. The summed E-state index contributed by atoms with van der Waals surface area (Å²) >= 11 is 0. The number of ether oxygens (including phenoxy) is 1. The Balaban J connectivity index is 1.98. The molecule has 1 N–H and O–H groups in total. The van der Waals surface area contributed by atoms with E-state index in [1.807, 2.05) is 0 Å². The van der Waals surface area contributed by atoms with Crippen molar-refractivity contribution < 1.29 is 4.74 Å².